The molecule has 1 fully saturated rings. The normalized spacial score (nSPS) is 35.1. The largest absolute Gasteiger partial charge is 0.478 e. The molecule has 2 aliphatic carbocycles. The minimum Gasteiger partial charge on any atom is -0.478 e. The number of carboxylic acids is 1. The molecule has 2 heteroatoms. The van der Waals surface area contributed by atoms with Gasteiger partial charge in [-0.15, -0.1) is 0 Å². The molecule has 60 valence electrons. The Balaban J connectivity index is 2.13. The Kier molecular flexibility index (Phi) is 1.48. The zero-order valence-corrected chi connectivity index (χ0v) is 6.42. The van der Waals surface area contributed by atoms with Crippen LogP contribution in [0.15, 0.2) is 11.6 Å². The molecule has 0 heterocycles. The maximum Gasteiger partial charge on any atom is 0.331 e. The highest BCUT2D eigenvalue weighted by molar-refractivity contribution is 5.87. The Morgan fingerprint density at radius 1 is 1.55 bits per heavy atom. The van der Waals surface area contributed by atoms with Gasteiger partial charge < -0.3 is 5.11 Å². The number of fused-ring (bicyclic) bond motifs is 1. The van der Waals surface area contributed by atoms with Crippen molar-refractivity contribution in [3.8, 4) is 0 Å². The van der Waals surface area contributed by atoms with E-state index in [1.807, 2.05) is 6.08 Å². The van der Waals surface area contributed by atoms with Crippen molar-refractivity contribution >= 4 is 5.97 Å². The van der Waals surface area contributed by atoms with Gasteiger partial charge in [0, 0.05) is 5.57 Å². The highest BCUT2D eigenvalue weighted by atomic mass is 16.4. The first kappa shape index (κ1) is 6.89. The molecular weight excluding hydrogens is 140 g/mol. The molecule has 1 saturated carbocycles. The van der Waals surface area contributed by atoms with E-state index in [1.165, 1.54) is 19.3 Å². The molecular formula is C9H12O2. The van der Waals surface area contributed by atoms with Crippen molar-refractivity contribution in [1.82, 2.24) is 0 Å². The van der Waals surface area contributed by atoms with Gasteiger partial charge in [-0.1, -0.05) is 12.5 Å². The van der Waals surface area contributed by atoms with Crippen molar-refractivity contribution in [3.05, 3.63) is 11.6 Å². The van der Waals surface area contributed by atoms with Gasteiger partial charge in [0.2, 0.25) is 0 Å². The summed E-state index contributed by atoms with van der Waals surface area (Å²) in [5, 5.41) is 8.70. The number of carbonyl (C=O) groups is 1. The summed E-state index contributed by atoms with van der Waals surface area (Å²) in [5.41, 5.74) is 0.653. The number of rotatable bonds is 1. The van der Waals surface area contributed by atoms with Crippen molar-refractivity contribution in [3.63, 3.8) is 0 Å². The van der Waals surface area contributed by atoms with Crippen LogP contribution in [0.1, 0.15) is 25.7 Å². The van der Waals surface area contributed by atoms with Gasteiger partial charge in [0.15, 0.2) is 0 Å². The molecule has 0 aliphatic heterocycles. The lowest BCUT2D eigenvalue weighted by Crippen LogP contribution is -2.00. The molecule has 0 aromatic heterocycles. The van der Waals surface area contributed by atoms with Gasteiger partial charge >= 0.3 is 5.97 Å². The number of allylic oxidation sites excluding steroid dienone is 1. The van der Waals surface area contributed by atoms with Crippen LogP contribution in [0, 0.1) is 11.8 Å². The maximum absolute atomic E-state index is 10.6. The maximum atomic E-state index is 10.6. The molecule has 0 amide bonds. The van der Waals surface area contributed by atoms with E-state index in [4.69, 9.17) is 5.11 Å². The van der Waals surface area contributed by atoms with Crippen molar-refractivity contribution < 1.29 is 9.90 Å². The van der Waals surface area contributed by atoms with Crippen molar-refractivity contribution in [2.45, 2.75) is 25.7 Å². The topological polar surface area (TPSA) is 37.3 Å². The highest BCUT2D eigenvalue weighted by Crippen LogP contribution is 2.42. The first-order valence-corrected chi connectivity index (χ1v) is 4.21. The van der Waals surface area contributed by atoms with Crippen molar-refractivity contribution in [2.24, 2.45) is 11.8 Å². The van der Waals surface area contributed by atoms with E-state index < -0.39 is 5.97 Å². The monoisotopic (exact) mass is 152 g/mol. The molecule has 0 bridgehead atoms. The Morgan fingerprint density at radius 3 is 3.00 bits per heavy atom. The summed E-state index contributed by atoms with van der Waals surface area (Å²) in [7, 11) is 0. The third kappa shape index (κ3) is 1.06. The Morgan fingerprint density at radius 2 is 2.36 bits per heavy atom. The standard InChI is InChI=1S/C9H12O2/c10-9(11)8-4-6-2-1-3-7(6)5-8/h4,6-7H,1-3,5H2,(H,10,11). The quantitative estimate of drug-likeness (QED) is 0.622. The molecule has 2 aliphatic rings. The van der Waals surface area contributed by atoms with Gasteiger partial charge in [0.25, 0.3) is 0 Å². The van der Waals surface area contributed by atoms with Crippen LogP contribution in [-0.4, -0.2) is 11.1 Å². The van der Waals surface area contributed by atoms with Gasteiger partial charge in [-0.3, -0.25) is 0 Å². The molecule has 0 saturated heterocycles. The van der Waals surface area contributed by atoms with Crippen LogP contribution >= 0.6 is 0 Å². The second-order valence-electron chi connectivity index (χ2n) is 3.56. The molecule has 2 rings (SSSR count). The second kappa shape index (κ2) is 2.36. The zero-order valence-electron chi connectivity index (χ0n) is 6.42. The van der Waals surface area contributed by atoms with Crippen LogP contribution in [0.3, 0.4) is 0 Å². The molecule has 0 radical (unpaired) electrons. The van der Waals surface area contributed by atoms with Crippen LogP contribution in [0.4, 0.5) is 0 Å². The van der Waals surface area contributed by atoms with E-state index in [0.29, 0.717) is 17.4 Å². The summed E-state index contributed by atoms with van der Waals surface area (Å²) in [6.45, 7) is 0. The molecule has 11 heavy (non-hydrogen) atoms. The van der Waals surface area contributed by atoms with E-state index in [2.05, 4.69) is 0 Å². The van der Waals surface area contributed by atoms with Crippen LogP contribution in [0.5, 0.6) is 0 Å². The Labute approximate surface area is 65.9 Å². The number of aliphatic carboxylic acids is 1. The molecule has 0 spiro atoms. The average molecular weight is 152 g/mol. The second-order valence-corrected chi connectivity index (χ2v) is 3.56. The predicted octanol–water partition coefficient (Wildman–Crippen LogP) is 1.82. The van der Waals surface area contributed by atoms with Crippen LogP contribution < -0.4 is 0 Å². The third-order valence-corrected chi connectivity index (χ3v) is 2.89. The number of hydrogen-bond donors (Lipinski definition) is 1. The van der Waals surface area contributed by atoms with Crippen LogP contribution in [-0.2, 0) is 4.79 Å². The summed E-state index contributed by atoms with van der Waals surface area (Å²) in [6, 6.07) is 0. The lowest BCUT2D eigenvalue weighted by Gasteiger charge is -2.05. The molecule has 2 unspecified atom stereocenters. The minimum atomic E-state index is -0.709. The van der Waals surface area contributed by atoms with Gasteiger partial charge in [0.05, 0.1) is 0 Å². The summed E-state index contributed by atoms with van der Waals surface area (Å²) >= 11 is 0. The first-order chi connectivity index (χ1) is 5.27. The number of hydrogen-bond acceptors (Lipinski definition) is 1. The van der Waals surface area contributed by atoms with Gasteiger partial charge in [-0.2, -0.15) is 0 Å². The van der Waals surface area contributed by atoms with E-state index in [0.717, 1.165) is 6.42 Å². The molecule has 0 aromatic rings. The van der Waals surface area contributed by atoms with E-state index in [-0.39, 0.29) is 0 Å². The minimum absolute atomic E-state index is 0.598. The predicted molar refractivity (Wildman–Crippen MR) is 41.2 cm³/mol. The van der Waals surface area contributed by atoms with Crippen molar-refractivity contribution in [2.75, 3.05) is 0 Å². The van der Waals surface area contributed by atoms with Crippen LogP contribution in [0.2, 0.25) is 0 Å². The SMILES string of the molecule is O=C(O)C1=CC2CCCC2C1. The smallest absolute Gasteiger partial charge is 0.331 e. The molecule has 0 aromatic carbocycles. The van der Waals surface area contributed by atoms with Crippen LogP contribution in [0.25, 0.3) is 0 Å². The Bertz CT molecular complexity index is 218. The fourth-order valence-corrected chi connectivity index (χ4v) is 2.31. The third-order valence-electron chi connectivity index (χ3n) is 2.89. The van der Waals surface area contributed by atoms with E-state index in [1.54, 1.807) is 0 Å². The number of carboxylic acid groups (broad SMARTS) is 1. The Hall–Kier alpha value is -0.790. The summed E-state index contributed by atoms with van der Waals surface area (Å²) in [4.78, 5) is 10.6. The molecule has 2 atom stereocenters. The zero-order chi connectivity index (χ0) is 7.84. The first-order valence-electron chi connectivity index (χ1n) is 4.21. The van der Waals surface area contributed by atoms with Crippen molar-refractivity contribution in [1.29, 1.82) is 0 Å². The summed E-state index contributed by atoms with van der Waals surface area (Å²) in [6.07, 6.45) is 6.53. The van der Waals surface area contributed by atoms with E-state index in [9.17, 15) is 4.79 Å². The van der Waals surface area contributed by atoms with E-state index >= 15 is 0 Å². The molecule has 2 nitrogen and oxygen atoms in total. The van der Waals surface area contributed by atoms with Gasteiger partial charge in [-0.05, 0) is 31.1 Å². The lowest BCUT2D eigenvalue weighted by atomic mass is 10.00. The molecule has 1 N–H and O–H groups in total. The van der Waals surface area contributed by atoms with Gasteiger partial charge in [0.1, 0.15) is 0 Å². The summed E-state index contributed by atoms with van der Waals surface area (Å²) in [5.74, 6) is 0.557. The fourth-order valence-electron chi connectivity index (χ4n) is 2.31. The van der Waals surface area contributed by atoms with Gasteiger partial charge in [-0.25, -0.2) is 4.79 Å². The lowest BCUT2D eigenvalue weighted by molar-refractivity contribution is -0.132. The summed E-state index contributed by atoms with van der Waals surface area (Å²) < 4.78 is 0. The highest BCUT2D eigenvalue weighted by Gasteiger charge is 2.33. The fraction of sp³-hybridized carbons (Fsp3) is 0.667. The average Bonchev–Trinajstić information content (AvgIpc) is 2.40.